The van der Waals surface area contributed by atoms with E-state index in [1.807, 2.05) is 32.0 Å². The van der Waals surface area contributed by atoms with Crippen LogP contribution in [0.25, 0.3) is 0 Å². The molecule has 2 aromatic carbocycles. The van der Waals surface area contributed by atoms with Crippen LogP contribution in [-0.2, 0) is 30.1 Å². The largest absolute Gasteiger partial charge is 0.414 e. The first-order valence-electron chi connectivity index (χ1n) is 13.4. The van der Waals surface area contributed by atoms with Gasteiger partial charge in [-0.3, -0.25) is 4.18 Å². The Morgan fingerprint density at radius 2 is 1.50 bits per heavy atom. The molecule has 0 unspecified atom stereocenters. The first-order valence-corrected chi connectivity index (χ1v) is 17.3. The third-order valence-corrected chi connectivity index (χ3v) is 13.2. The van der Waals surface area contributed by atoms with Crippen molar-refractivity contribution >= 4 is 18.4 Å². The predicted octanol–water partition coefficient (Wildman–Crippen LogP) is 7.36. The maximum atomic E-state index is 12.8. The second-order valence-corrected chi connectivity index (χ2v) is 16.4. The average Bonchev–Trinajstić information content (AvgIpc) is 2.89. The summed E-state index contributed by atoms with van der Waals surface area (Å²) < 4.78 is 43.9. The first kappa shape index (κ1) is 30.7. The molecule has 0 amide bonds. The van der Waals surface area contributed by atoms with Gasteiger partial charge < -0.3 is 9.16 Å². The van der Waals surface area contributed by atoms with Crippen molar-refractivity contribution in [3.8, 4) is 0 Å². The lowest BCUT2D eigenvalue weighted by atomic mass is 9.94. The van der Waals surface area contributed by atoms with Gasteiger partial charge in [-0.1, -0.05) is 82.6 Å². The molecule has 0 bridgehead atoms. The number of aryl methyl sites for hydroxylation is 1. The lowest BCUT2D eigenvalue weighted by Crippen LogP contribution is -2.43. The maximum absolute atomic E-state index is 12.8. The summed E-state index contributed by atoms with van der Waals surface area (Å²) in [6.45, 7) is 14.3. The van der Waals surface area contributed by atoms with E-state index < -0.39 is 18.4 Å². The smallest absolute Gasteiger partial charge is 0.296 e. The van der Waals surface area contributed by atoms with Crippen LogP contribution < -0.4 is 0 Å². The number of rotatable bonds is 17. The molecule has 0 aliphatic carbocycles. The zero-order valence-corrected chi connectivity index (χ0v) is 24.9. The van der Waals surface area contributed by atoms with Crippen LogP contribution in [0.4, 0.5) is 0 Å². The number of hydrogen-bond acceptors (Lipinski definition) is 5. The molecule has 0 aliphatic heterocycles. The molecule has 0 spiro atoms. The van der Waals surface area contributed by atoms with Crippen molar-refractivity contribution in [3.63, 3.8) is 0 Å². The van der Waals surface area contributed by atoms with Crippen molar-refractivity contribution in [1.82, 2.24) is 0 Å². The van der Waals surface area contributed by atoms with E-state index in [9.17, 15) is 8.42 Å². The lowest BCUT2D eigenvalue weighted by Gasteiger charge is -2.37. The Bertz CT molecular complexity index is 966. The first-order chi connectivity index (χ1) is 17.1. The van der Waals surface area contributed by atoms with Crippen LogP contribution in [0.3, 0.4) is 0 Å². The quantitative estimate of drug-likeness (QED) is 0.121. The van der Waals surface area contributed by atoms with Crippen LogP contribution in [0.15, 0.2) is 59.5 Å². The zero-order chi connectivity index (χ0) is 26.6. The molecule has 0 radical (unpaired) electrons. The minimum atomic E-state index is -3.80. The highest BCUT2D eigenvalue weighted by atomic mass is 32.2. The summed E-state index contributed by atoms with van der Waals surface area (Å²) in [4.78, 5) is 0.195. The number of benzene rings is 2. The normalized spacial score (nSPS) is 14.9. The van der Waals surface area contributed by atoms with Gasteiger partial charge in [-0.05, 0) is 61.5 Å². The molecule has 2 rings (SSSR count). The molecule has 0 fully saturated rings. The van der Waals surface area contributed by atoms with Gasteiger partial charge in [0.2, 0.25) is 0 Å². The molecule has 0 aromatic heterocycles. The Kier molecular flexibility index (Phi) is 12.8. The number of hydrogen-bond donors (Lipinski definition) is 0. The summed E-state index contributed by atoms with van der Waals surface area (Å²) in [6.07, 6.45) is 1.74. The van der Waals surface area contributed by atoms with E-state index in [0.29, 0.717) is 19.1 Å². The van der Waals surface area contributed by atoms with Crippen LogP contribution in [0.5, 0.6) is 0 Å². The van der Waals surface area contributed by atoms with Crippen LogP contribution in [0, 0.1) is 18.8 Å². The van der Waals surface area contributed by atoms with Crippen LogP contribution in [0.1, 0.15) is 58.6 Å². The highest BCUT2D eigenvalue weighted by Gasteiger charge is 2.35. The molecule has 2 aromatic rings. The Balaban J connectivity index is 2.00. The molecule has 7 heteroatoms. The van der Waals surface area contributed by atoms with Gasteiger partial charge in [-0.15, -0.1) is 0 Å². The van der Waals surface area contributed by atoms with E-state index in [-0.39, 0.29) is 23.5 Å². The van der Waals surface area contributed by atoms with E-state index in [1.54, 1.807) is 24.3 Å². The van der Waals surface area contributed by atoms with Gasteiger partial charge in [0, 0.05) is 12.5 Å². The third kappa shape index (κ3) is 9.75. The van der Waals surface area contributed by atoms with E-state index in [4.69, 9.17) is 13.3 Å². The highest BCUT2D eigenvalue weighted by Crippen LogP contribution is 2.30. The highest BCUT2D eigenvalue weighted by molar-refractivity contribution is 7.86. The fraction of sp³-hybridized carbons (Fsp3) is 0.586. The molecule has 0 aliphatic rings. The van der Waals surface area contributed by atoms with Gasteiger partial charge in [0.15, 0.2) is 8.32 Å². The fourth-order valence-corrected chi connectivity index (χ4v) is 8.33. The van der Waals surface area contributed by atoms with Crippen LogP contribution in [0.2, 0.25) is 18.1 Å². The SMILES string of the molecule is CC[Si](CC)(CC)O[C@@H](C[C@@H](C)CCOCc1ccccc1)[C@@H](C)COS(=O)(=O)c1ccc(C)cc1. The van der Waals surface area contributed by atoms with Crippen molar-refractivity contribution in [2.24, 2.45) is 11.8 Å². The van der Waals surface area contributed by atoms with Gasteiger partial charge in [-0.2, -0.15) is 8.42 Å². The summed E-state index contributed by atoms with van der Waals surface area (Å²) in [7, 11) is -5.68. The van der Waals surface area contributed by atoms with Gasteiger partial charge in [0.1, 0.15) is 0 Å². The second-order valence-electron chi connectivity index (χ2n) is 10.1. The molecule has 202 valence electrons. The standard InChI is InChI=1S/C29H46O5SSi/c1-7-36(8-2,9-3)34-29(21-25(5)19-20-32-23-27-13-11-10-12-14-27)26(6)22-33-35(30,31)28-17-15-24(4)16-18-28/h10-18,25-26,29H,7-9,19-23H2,1-6H3/t25-,26-,29-/m0/s1. The molecular weight excluding hydrogens is 488 g/mol. The van der Waals surface area contributed by atoms with Gasteiger partial charge in [0.05, 0.1) is 24.2 Å². The Labute approximate surface area is 220 Å². The minimum Gasteiger partial charge on any atom is -0.414 e. The Morgan fingerprint density at radius 1 is 0.889 bits per heavy atom. The van der Waals surface area contributed by atoms with Crippen molar-refractivity contribution in [1.29, 1.82) is 0 Å². The number of ether oxygens (including phenoxy) is 1. The van der Waals surface area contributed by atoms with Crippen LogP contribution in [-0.4, -0.2) is 36.1 Å². The van der Waals surface area contributed by atoms with E-state index in [1.165, 1.54) is 5.56 Å². The monoisotopic (exact) mass is 534 g/mol. The molecule has 0 saturated carbocycles. The van der Waals surface area contributed by atoms with Gasteiger partial charge in [0.25, 0.3) is 10.1 Å². The zero-order valence-electron chi connectivity index (χ0n) is 23.0. The molecule has 36 heavy (non-hydrogen) atoms. The van der Waals surface area contributed by atoms with E-state index >= 15 is 0 Å². The fourth-order valence-electron chi connectivity index (χ4n) is 4.36. The summed E-state index contributed by atoms with van der Waals surface area (Å²) >= 11 is 0. The Hall–Kier alpha value is -1.51. The predicted molar refractivity (Wildman–Crippen MR) is 150 cm³/mol. The summed E-state index contributed by atoms with van der Waals surface area (Å²) in [5.74, 6) is 0.341. The summed E-state index contributed by atoms with van der Waals surface area (Å²) in [5, 5.41) is 0. The molecule has 0 saturated heterocycles. The topological polar surface area (TPSA) is 61.8 Å². The minimum absolute atomic E-state index is 0.0468. The van der Waals surface area contributed by atoms with Crippen LogP contribution >= 0.6 is 0 Å². The molecule has 3 atom stereocenters. The molecule has 5 nitrogen and oxygen atoms in total. The van der Waals surface area contributed by atoms with E-state index in [2.05, 4.69) is 39.8 Å². The second kappa shape index (κ2) is 15.0. The van der Waals surface area contributed by atoms with Crippen molar-refractivity contribution in [2.75, 3.05) is 13.2 Å². The average molecular weight is 535 g/mol. The maximum Gasteiger partial charge on any atom is 0.296 e. The lowest BCUT2D eigenvalue weighted by molar-refractivity contribution is 0.0644. The molecule has 0 heterocycles. The molecular formula is C29H46O5SSi. The van der Waals surface area contributed by atoms with Gasteiger partial charge in [-0.25, -0.2) is 0 Å². The van der Waals surface area contributed by atoms with Crippen molar-refractivity contribution in [3.05, 3.63) is 65.7 Å². The summed E-state index contributed by atoms with van der Waals surface area (Å²) in [5.41, 5.74) is 2.19. The third-order valence-electron chi connectivity index (χ3n) is 7.27. The van der Waals surface area contributed by atoms with E-state index in [0.717, 1.165) is 36.5 Å². The molecule has 0 N–H and O–H groups in total. The summed E-state index contributed by atoms with van der Waals surface area (Å²) in [6, 6.07) is 20.2. The van der Waals surface area contributed by atoms with Crippen molar-refractivity contribution in [2.45, 2.75) is 90.1 Å². The van der Waals surface area contributed by atoms with Gasteiger partial charge >= 0.3 is 0 Å². The van der Waals surface area contributed by atoms with Crippen molar-refractivity contribution < 1.29 is 21.8 Å². The Morgan fingerprint density at radius 3 is 2.08 bits per heavy atom.